The quantitative estimate of drug-likeness (QED) is 0.157. The molecule has 0 amide bonds. The van der Waals surface area contributed by atoms with Crippen molar-refractivity contribution in [3.8, 4) is 33.4 Å². The van der Waals surface area contributed by atoms with Crippen LogP contribution in [0.15, 0.2) is 224 Å². The SMILES string of the molecule is c1ccc(-c2ccc(N(c3ccc(C4(c5ccccc5)c5ccccc5-c5ccccc54)cc3)c3cccc(-c4ccc5sc6ccccc6c5c4)c3)cc2)cc1. The van der Waals surface area contributed by atoms with E-state index in [1.54, 1.807) is 0 Å². The van der Waals surface area contributed by atoms with Gasteiger partial charge >= 0.3 is 0 Å². The third-order valence-corrected chi connectivity index (χ3v) is 12.9. The van der Waals surface area contributed by atoms with Crippen LogP contribution < -0.4 is 4.90 Å². The second kappa shape index (κ2) is 13.6. The maximum Gasteiger partial charge on any atom is 0.0713 e. The van der Waals surface area contributed by atoms with Crippen LogP contribution in [0.1, 0.15) is 22.3 Å². The van der Waals surface area contributed by atoms with Gasteiger partial charge in [0.1, 0.15) is 0 Å². The first-order valence-corrected chi connectivity index (χ1v) is 20.4. The zero-order chi connectivity index (χ0) is 37.8. The summed E-state index contributed by atoms with van der Waals surface area (Å²) in [6.07, 6.45) is 0. The van der Waals surface area contributed by atoms with E-state index < -0.39 is 5.41 Å². The van der Waals surface area contributed by atoms with Gasteiger partial charge in [0, 0.05) is 37.2 Å². The predicted octanol–water partition coefficient (Wildman–Crippen LogP) is 15.2. The van der Waals surface area contributed by atoms with E-state index in [0.29, 0.717) is 0 Å². The van der Waals surface area contributed by atoms with Gasteiger partial charge in [-0.1, -0.05) is 170 Å². The maximum absolute atomic E-state index is 2.40. The molecule has 0 radical (unpaired) electrons. The van der Waals surface area contributed by atoms with Crippen LogP contribution in [0.3, 0.4) is 0 Å². The predicted molar refractivity (Wildman–Crippen MR) is 242 cm³/mol. The van der Waals surface area contributed by atoms with Crippen molar-refractivity contribution >= 4 is 48.6 Å². The molecular weight excluding hydrogens is 707 g/mol. The van der Waals surface area contributed by atoms with Crippen molar-refractivity contribution in [2.45, 2.75) is 5.41 Å². The van der Waals surface area contributed by atoms with Crippen LogP contribution in [0.4, 0.5) is 17.1 Å². The van der Waals surface area contributed by atoms with Gasteiger partial charge in [0.2, 0.25) is 0 Å². The van der Waals surface area contributed by atoms with E-state index in [1.807, 2.05) is 11.3 Å². The van der Waals surface area contributed by atoms with Crippen molar-refractivity contribution in [3.63, 3.8) is 0 Å². The molecule has 268 valence electrons. The molecular formula is C55H37NS. The summed E-state index contributed by atoms with van der Waals surface area (Å²) >= 11 is 1.86. The van der Waals surface area contributed by atoms with E-state index in [2.05, 4.69) is 229 Å². The van der Waals surface area contributed by atoms with Crippen LogP contribution in [0.2, 0.25) is 0 Å². The first-order chi connectivity index (χ1) is 28.3. The molecule has 1 aliphatic rings. The number of rotatable bonds is 7. The average Bonchev–Trinajstić information content (AvgIpc) is 3.81. The number of nitrogens with zero attached hydrogens (tertiary/aromatic N) is 1. The Morgan fingerprint density at radius 2 is 0.825 bits per heavy atom. The molecule has 0 saturated heterocycles. The molecule has 0 N–H and O–H groups in total. The average molecular weight is 744 g/mol. The number of benzene rings is 9. The van der Waals surface area contributed by atoms with Crippen LogP contribution in [0, 0.1) is 0 Å². The first kappa shape index (κ1) is 33.3. The van der Waals surface area contributed by atoms with Crippen LogP contribution in [-0.4, -0.2) is 0 Å². The summed E-state index contributed by atoms with van der Waals surface area (Å²) < 4.78 is 2.64. The molecule has 10 aromatic rings. The van der Waals surface area contributed by atoms with Gasteiger partial charge in [-0.25, -0.2) is 0 Å². The molecule has 11 rings (SSSR count). The van der Waals surface area contributed by atoms with Crippen molar-refractivity contribution in [1.29, 1.82) is 0 Å². The largest absolute Gasteiger partial charge is 0.310 e. The Labute approximate surface area is 337 Å². The molecule has 0 atom stereocenters. The van der Waals surface area contributed by atoms with Crippen LogP contribution >= 0.6 is 11.3 Å². The Bertz CT molecular complexity index is 3010. The highest BCUT2D eigenvalue weighted by Gasteiger charge is 2.45. The number of fused-ring (bicyclic) bond motifs is 6. The Hall–Kier alpha value is -7.00. The van der Waals surface area contributed by atoms with E-state index in [-0.39, 0.29) is 0 Å². The molecule has 0 fully saturated rings. The van der Waals surface area contributed by atoms with Gasteiger partial charge in [-0.2, -0.15) is 0 Å². The number of anilines is 3. The summed E-state index contributed by atoms with van der Waals surface area (Å²) in [6.45, 7) is 0. The number of hydrogen-bond donors (Lipinski definition) is 0. The van der Waals surface area contributed by atoms with E-state index >= 15 is 0 Å². The van der Waals surface area contributed by atoms with E-state index in [1.165, 1.54) is 75.8 Å². The standard InChI is InChI=1S/C55H37NS/c1-3-14-38(15-4-1)39-26-31-44(32-27-39)56(46-19-13-16-40(36-46)41-28-35-54-50(37-41)49-22-9-12-25-53(49)57-54)45-33-29-43(30-34-45)55(42-17-5-2-6-18-42)51-23-10-7-20-47(51)48-21-8-11-24-52(48)55/h1-37H. The monoisotopic (exact) mass is 743 g/mol. The molecule has 1 aromatic heterocycles. The van der Waals surface area contributed by atoms with Gasteiger partial charge in [-0.05, 0) is 110 Å². The van der Waals surface area contributed by atoms with Crippen LogP contribution in [-0.2, 0) is 5.41 Å². The summed E-state index contributed by atoms with van der Waals surface area (Å²) in [5.74, 6) is 0. The lowest BCUT2D eigenvalue weighted by Gasteiger charge is -2.34. The fraction of sp³-hybridized carbons (Fsp3) is 0.0182. The van der Waals surface area contributed by atoms with Gasteiger partial charge in [0.25, 0.3) is 0 Å². The van der Waals surface area contributed by atoms with Gasteiger partial charge < -0.3 is 4.90 Å². The highest BCUT2D eigenvalue weighted by molar-refractivity contribution is 7.25. The second-order valence-electron chi connectivity index (χ2n) is 14.9. The minimum atomic E-state index is -0.445. The summed E-state index contributed by atoms with van der Waals surface area (Å²) in [7, 11) is 0. The lowest BCUT2D eigenvalue weighted by atomic mass is 9.68. The highest BCUT2D eigenvalue weighted by atomic mass is 32.1. The summed E-state index contributed by atoms with van der Waals surface area (Å²) in [4.78, 5) is 2.40. The lowest BCUT2D eigenvalue weighted by Crippen LogP contribution is -2.28. The third kappa shape index (κ3) is 5.44. The van der Waals surface area contributed by atoms with Crippen LogP contribution in [0.25, 0.3) is 53.6 Å². The fourth-order valence-corrected chi connectivity index (χ4v) is 10.3. The molecule has 1 heterocycles. The Morgan fingerprint density at radius 3 is 1.54 bits per heavy atom. The first-order valence-electron chi connectivity index (χ1n) is 19.6. The molecule has 1 nitrogen and oxygen atoms in total. The fourth-order valence-electron chi connectivity index (χ4n) is 9.18. The Balaban J connectivity index is 1.06. The highest BCUT2D eigenvalue weighted by Crippen LogP contribution is 2.56. The third-order valence-electron chi connectivity index (χ3n) is 11.8. The van der Waals surface area contributed by atoms with E-state index in [0.717, 1.165) is 17.1 Å². The minimum Gasteiger partial charge on any atom is -0.310 e. The normalized spacial score (nSPS) is 12.7. The minimum absolute atomic E-state index is 0.445. The van der Waals surface area contributed by atoms with Crippen molar-refractivity contribution < 1.29 is 0 Å². The van der Waals surface area contributed by atoms with Gasteiger partial charge in [0.05, 0.1) is 5.41 Å². The molecule has 0 aliphatic heterocycles. The molecule has 0 unspecified atom stereocenters. The Morgan fingerprint density at radius 1 is 0.316 bits per heavy atom. The van der Waals surface area contributed by atoms with Crippen molar-refractivity contribution in [2.24, 2.45) is 0 Å². The molecule has 0 saturated carbocycles. The van der Waals surface area contributed by atoms with Crippen molar-refractivity contribution in [2.75, 3.05) is 4.90 Å². The molecule has 2 heteroatoms. The lowest BCUT2D eigenvalue weighted by molar-refractivity contribution is 0.768. The van der Waals surface area contributed by atoms with Crippen molar-refractivity contribution in [3.05, 3.63) is 247 Å². The van der Waals surface area contributed by atoms with Gasteiger partial charge in [-0.15, -0.1) is 11.3 Å². The topological polar surface area (TPSA) is 3.24 Å². The Kier molecular flexibility index (Phi) is 7.98. The number of hydrogen-bond acceptors (Lipinski definition) is 2. The summed E-state index contributed by atoms with van der Waals surface area (Å²) in [5, 5.41) is 2.63. The molecule has 0 spiro atoms. The molecule has 0 bridgehead atoms. The zero-order valence-electron chi connectivity index (χ0n) is 31.2. The number of thiophene rings is 1. The molecule has 57 heavy (non-hydrogen) atoms. The summed E-state index contributed by atoms with van der Waals surface area (Å²) in [6, 6.07) is 82.5. The smallest absolute Gasteiger partial charge is 0.0713 e. The molecule has 9 aromatic carbocycles. The van der Waals surface area contributed by atoms with Crippen molar-refractivity contribution in [1.82, 2.24) is 0 Å². The zero-order valence-corrected chi connectivity index (χ0v) is 32.0. The second-order valence-corrected chi connectivity index (χ2v) is 15.9. The summed E-state index contributed by atoms with van der Waals surface area (Å²) in [5.41, 5.74) is 15.4. The molecule has 1 aliphatic carbocycles. The maximum atomic E-state index is 2.40. The van der Waals surface area contributed by atoms with E-state index in [9.17, 15) is 0 Å². The van der Waals surface area contributed by atoms with E-state index in [4.69, 9.17) is 0 Å². The van der Waals surface area contributed by atoms with Gasteiger partial charge in [-0.3, -0.25) is 0 Å². The van der Waals surface area contributed by atoms with Crippen LogP contribution in [0.5, 0.6) is 0 Å². The van der Waals surface area contributed by atoms with Gasteiger partial charge in [0.15, 0.2) is 0 Å².